The van der Waals surface area contributed by atoms with Crippen LogP contribution in [-0.2, 0) is 6.42 Å². The number of aromatic nitrogens is 1. The number of rotatable bonds is 5. The van der Waals surface area contributed by atoms with Gasteiger partial charge in [0.05, 0.1) is 0 Å². The molecule has 120 valence electrons. The number of aryl methyl sites for hydroxylation is 1. The van der Waals surface area contributed by atoms with Gasteiger partial charge in [-0.2, -0.15) is 0 Å². The third kappa shape index (κ3) is 4.42. The normalized spacial score (nSPS) is 13.3. The van der Waals surface area contributed by atoms with Gasteiger partial charge in [-0.15, -0.1) is 0 Å². The van der Waals surface area contributed by atoms with Crippen LogP contribution in [0.2, 0.25) is 0 Å². The van der Waals surface area contributed by atoms with Crippen LogP contribution in [0.15, 0.2) is 48.8 Å². The molecule has 0 atom stereocenters. The Morgan fingerprint density at radius 2 is 2.00 bits per heavy atom. The van der Waals surface area contributed by atoms with Crippen LogP contribution < -0.4 is 15.5 Å². The number of hydrogen-bond acceptors (Lipinski definition) is 3. The molecular formula is C18H22N4S. The lowest BCUT2D eigenvalue weighted by Crippen LogP contribution is -2.34. The number of nitrogens with zero attached hydrogens (tertiary/aromatic N) is 2. The Hall–Kier alpha value is -2.14. The zero-order valence-corrected chi connectivity index (χ0v) is 14.0. The smallest absolute Gasteiger partial charge is 0.170 e. The van der Waals surface area contributed by atoms with E-state index in [-0.39, 0.29) is 0 Å². The van der Waals surface area contributed by atoms with Gasteiger partial charge in [-0.25, -0.2) is 0 Å². The van der Waals surface area contributed by atoms with Crippen LogP contribution in [0, 0.1) is 0 Å². The molecule has 0 unspecified atom stereocenters. The SMILES string of the molecule is S=C(NCCCN1CCCc2ccccc21)Nc1ccncc1. The summed E-state index contributed by atoms with van der Waals surface area (Å²) >= 11 is 5.31. The van der Waals surface area contributed by atoms with E-state index in [0.29, 0.717) is 5.11 Å². The van der Waals surface area contributed by atoms with Gasteiger partial charge < -0.3 is 15.5 Å². The second-order valence-electron chi connectivity index (χ2n) is 5.69. The maximum Gasteiger partial charge on any atom is 0.170 e. The number of pyridine rings is 1. The Bertz CT molecular complexity index is 644. The van der Waals surface area contributed by atoms with E-state index in [2.05, 4.69) is 44.8 Å². The van der Waals surface area contributed by atoms with Gasteiger partial charge in [-0.3, -0.25) is 4.98 Å². The highest BCUT2D eigenvalue weighted by molar-refractivity contribution is 7.80. The third-order valence-corrected chi connectivity index (χ3v) is 4.28. The molecule has 1 aromatic heterocycles. The summed E-state index contributed by atoms with van der Waals surface area (Å²) in [5.41, 5.74) is 3.83. The lowest BCUT2D eigenvalue weighted by atomic mass is 10.0. The Balaban J connectivity index is 1.41. The minimum absolute atomic E-state index is 0.662. The van der Waals surface area contributed by atoms with Crippen molar-refractivity contribution >= 4 is 28.7 Å². The van der Waals surface area contributed by atoms with Crippen LogP contribution in [0.4, 0.5) is 11.4 Å². The van der Waals surface area contributed by atoms with Crippen LogP contribution in [-0.4, -0.2) is 29.7 Å². The monoisotopic (exact) mass is 326 g/mol. The molecule has 0 amide bonds. The maximum atomic E-state index is 5.31. The molecule has 5 heteroatoms. The molecule has 2 heterocycles. The van der Waals surface area contributed by atoms with Crippen molar-refractivity contribution in [2.45, 2.75) is 19.3 Å². The van der Waals surface area contributed by atoms with Crippen molar-refractivity contribution in [3.05, 3.63) is 54.4 Å². The largest absolute Gasteiger partial charge is 0.371 e. The second-order valence-corrected chi connectivity index (χ2v) is 6.10. The molecular weight excluding hydrogens is 304 g/mol. The fraction of sp³-hybridized carbons (Fsp3) is 0.333. The van der Waals surface area contributed by atoms with Crippen molar-refractivity contribution in [2.75, 3.05) is 29.9 Å². The van der Waals surface area contributed by atoms with Gasteiger partial charge in [-0.05, 0) is 55.2 Å². The van der Waals surface area contributed by atoms with Crippen LogP contribution in [0.1, 0.15) is 18.4 Å². The van der Waals surface area contributed by atoms with E-state index < -0.39 is 0 Å². The first-order valence-corrected chi connectivity index (χ1v) is 8.51. The molecule has 1 aromatic carbocycles. The predicted octanol–water partition coefficient (Wildman–Crippen LogP) is 3.21. The highest BCUT2D eigenvalue weighted by Crippen LogP contribution is 2.26. The minimum Gasteiger partial charge on any atom is -0.371 e. The molecule has 3 rings (SSSR count). The van der Waals surface area contributed by atoms with Crippen LogP contribution >= 0.6 is 12.2 Å². The van der Waals surface area contributed by atoms with E-state index in [1.54, 1.807) is 12.4 Å². The van der Waals surface area contributed by atoms with Crippen molar-refractivity contribution < 1.29 is 0 Å². The average Bonchev–Trinajstić information content (AvgIpc) is 2.60. The van der Waals surface area contributed by atoms with E-state index in [1.807, 2.05) is 12.1 Å². The highest BCUT2D eigenvalue weighted by atomic mass is 32.1. The third-order valence-electron chi connectivity index (χ3n) is 4.04. The molecule has 4 nitrogen and oxygen atoms in total. The summed E-state index contributed by atoms with van der Waals surface area (Å²) in [5.74, 6) is 0. The van der Waals surface area contributed by atoms with Gasteiger partial charge in [0.25, 0.3) is 0 Å². The van der Waals surface area contributed by atoms with Crippen LogP contribution in [0.25, 0.3) is 0 Å². The minimum atomic E-state index is 0.662. The number of fused-ring (bicyclic) bond motifs is 1. The van der Waals surface area contributed by atoms with Gasteiger partial charge >= 0.3 is 0 Å². The Kier molecular flexibility index (Phi) is 5.42. The zero-order chi connectivity index (χ0) is 15.9. The zero-order valence-electron chi connectivity index (χ0n) is 13.2. The fourth-order valence-corrected chi connectivity index (χ4v) is 3.15. The van der Waals surface area contributed by atoms with Gasteiger partial charge in [0.15, 0.2) is 5.11 Å². The van der Waals surface area contributed by atoms with Gasteiger partial charge in [-0.1, -0.05) is 18.2 Å². The van der Waals surface area contributed by atoms with E-state index in [1.165, 1.54) is 24.1 Å². The standard InChI is InChI=1S/C18H22N4S/c23-18(21-16-8-11-19-12-9-16)20-10-4-14-22-13-3-6-15-5-1-2-7-17(15)22/h1-2,5,7-9,11-12H,3-4,6,10,13-14H2,(H2,19,20,21,23). The number of hydrogen-bond donors (Lipinski definition) is 2. The van der Waals surface area contributed by atoms with Crippen LogP contribution in [0.3, 0.4) is 0 Å². The highest BCUT2D eigenvalue weighted by Gasteiger charge is 2.15. The number of thiocarbonyl (C=S) groups is 1. The average molecular weight is 326 g/mol. The lowest BCUT2D eigenvalue weighted by Gasteiger charge is -2.31. The Morgan fingerprint density at radius 1 is 1.17 bits per heavy atom. The quantitative estimate of drug-likeness (QED) is 0.652. The molecule has 0 aliphatic carbocycles. The molecule has 0 fully saturated rings. The summed E-state index contributed by atoms with van der Waals surface area (Å²) in [5, 5.41) is 7.09. The molecule has 0 spiro atoms. The molecule has 0 radical (unpaired) electrons. The molecule has 2 N–H and O–H groups in total. The van der Waals surface area contributed by atoms with Crippen molar-refractivity contribution in [2.24, 2.45) is 0 Å². The molecule has 0 saturated heterocycles. The second kappa shape index (κ2) is 7.92. The molecule has 1 aliphatic rings. The summed E-state index contributed by atoms with van der Waals surface area (Å²) in [6, 6.07) is 12.5. The molecule has 23 heavy (non-hydrogen) atoms. The van der Waals surface area contributed by atoms with E-state index >= 15 is 0 Å². The van der Waals surface area contributed by atoms with Gasteiger partial charge in [0.2, 0.25) is 0 Å². The van der Waals surface area contributed by atoms with Gasteiger partial charge in [0.1, 0.15) is 0 Å². The molecule has 2 aromatic rings. The topological polar surface area (TPSA) is 40.2 Å². The molecule has 1 aliphatic heterocycles. The van der Waals surface area contributed by atoms with Gasteiger partial charge in [0, 0.05) is 43.4 Å². The molecule has 0 bridgehead atoms. The Morgan fingerprint density at radius 3 is 2.87 bits per heavy atom. The summed E-state index contributed by atoms with van der Waals surface area (Å²) in [6.45, 7) is 3.08. The summed E-state index contributed by atoms with van der Waals surface area (Å²) in [6.07, 6.45) is 7.00. The first-order valence-electron chi connectivity index (χ1n) is 8.11. The number of para-hydroxylation sites is 1. The summed E-state index contributed by atoms with van der Waals surface area (Å²) in [4.78, 5) is 6.48. The number of nitrogens with one attached hydrogen (secondary N) is 2. The summed E-state index contributed by atoms with van der Waals surface area (Å²) in [7, 11) is 0. The first-order chi connectivity index (χ1) is 11.3. The van der Waals surface area contributed by atoms with E-state index in [9.17, 15) is 0 Å². The van der Waals surface area contributed by atoms with Crippen molar-refractivity contribution in [1.82, 2.24) is 10.3 Å². The summed E-state index contributed by atoms with van der Waals surface area (Å²) < 4.78 is 0. The van der Waals surface area contributed by atoms with E-state index in [4.69, 9.17) is 12.2 Å². The predicted molar refractivity (Wildman–Crippen MR) is 100 cm³/mol. The fourth-order valence-electron chi connectivity index (χ4n) is 2.93. The number of anilines is 2. The Labute approximate surface area is 142 Å². The van der Waals surface area contributed by atoms with Crippen molar-refractivity contribution in [1.29, 1.82) is 0 Å². The first kappa shape index (κ1) is 15.7. The van der Waals surface area contributed by atoms with E-state index in [0.717, 1.165) is 31.7 Å². The lowest BCUT2D eigenvalue weighted by molar-refractivity contribution is 0.658. The van der Waals surface area contributed by atoms with Crippen LogP contribution in [0.5, 0.6) is 0 Å². The molecule has 0 saturated carbocycles. The maximum absolute atomic E-state index is 5.31. The number of benzene rings is 1. The van der Waals surface area contributed by atoms with Crippen molar-refractivity contribution in [3.8, 4) is 0 Å². The van der Waals surface area contributed by atoms with Crippen molar-refractivity contribution in [3.63, 3.8) is 0 Å².